The van der Waals surface area contributed by atoms with Crippen LogP contribution in [-0.2, 0) is 10.0 Å². The van der Waals surface area contributed by atoms with Crippen molar-refractivity contribution in [3.8, 4) is 0 Å². The molecule has 24 heavy (non-hydrogen) atoms. The minimum Gasteiger partial charge on any atom is -0.367 e. The molecule has 0 aliphatic carbocycles. The number of rotatable bonds is 5. The van der Waals surface area contributed by atoms with Crippen LogP contribution in [-0.4, -0.2) is 46.0 Å². The third kappa shape index (κ3) is 3.74. The van der Waals surface area contributed by atoms with Gasteiger partial charge in [-0.25, -0.2) is 8.42 Å². The van der Waals surface area contributed by atoms with E-state index in [-0.39, 0.29) is 0 Å². The van der Waals surface area contributed by atoms with E-state index in [9.17, 15) is 8.42 Å². The van der Waals surface area contributed by atoms with E-state index in [1.54, 1.807) is 6.07 Å². The number of anilines is 2. The molecule has 3 rings (SSSR count). The molecule has 1 aliphatic heterocycles. The van der Waals surface area contributed by atoms with Crippen LogP contribution in [0.15, 0.2) is 40.6 Å². The van der Waals surface area contributed by atoms with Crippen LogP contribution >= 0.6 is 11.3 Å². The van der Waals surface area contributed by atoms with Gasteiger partial charge in [0.1, 0.15) is 4.21 Å². The summed E-state index contributed by atoms with van der Waals surface area (Å²) in [5, 5.41) is 0. The van der Waals surface area contributed by atoms with E-state index < -0.39 is 10.0 Å². The van der Waals surface area contributed by atoms with E-state index in [4.69, 9.17) is 0 Å². The number of sulfonamides is 1. The van der Waals surface area contributed by atoms with Gasteiger partial charge in [-0.1, -0.05) is 19.1 Å². The van der Waals surface area contributed by atoms with Crippen LogP contribution in [0, 0.1) is 6.92 Å². The van der Waals surface area contributed by atoms with Gasteiger partial charge in [-0.3, -0.25) is 4.72 Å². The molecule has 5 nitrogen and oxygen atoms in total. The second-order valence-corrected chi connectivity index (χ2v) is 9.11. The van der Waals surface area contributed by atoms with Crippen molar-refractivity contribution in [2.75, 3.05) is 42.3 Å². The van der Waals surface area contributed by atoms with Crippen molar-refractivity contribution in [3.05, 3.63) is 41.3 Å². The molecule has 130 valence electrons. The Kier molecular flexibility index (Phi) is 5.12. The average molecular weight is 366 g/mol. The van der Waals surface area contributed by atoms with Crippen LogP contribution in [0.3, 0.4) is 0 Å². The van der Waals surface area contributed by atoms with Gasteiger partial charge in [0.25, 0.3) is 10.0 Å². The number of hydrogen-bond donors (Lipinski definition) is 1. The molecule has 2 heterocycles. The fraction of sp³-hybridized carbons (Fsp3) is 0.412. The van der Waals surface area contributed by atoms with Crippen molar-refractivity contribution in [1.29, 1.82) is 0 Å². The summed E-state index contributed by atoms with van der Waals surface area (Å²) in [4.78, 5) is 5.64. The third-order valence-corrected chi connectivity index (χ3v) is 7.15. The summed E-state index contributed by atoms with van der Waals surface area (Å²) in [6.07, 6.45) is 0. The van der Waals surface area contributed by atoms with Gasteiger partial charge in [0.15, 0.2) is 0 Å². The van der Waals surface area contributed by atoms with Crippen LogP contribution in [0.25, 0.3) is 0 Å². The van der Waals surface area contributed by atoms with Crippen molar-refractivity contribution < 1.29 is 8.42 Å². The number of nitrogens with zero attached hydrogens (tertiary/aromatic N) is 2. The summed E-state index contributed by atoms with van der Waals surface area (Å²) >= 11 is 1.29. The standard InChI is InChI=1S/C17H23N3O2S2/c1-3-19-10-12-20(13-11-19)16-7-5-4-6-15(16)18-24(21,22)17-9-8-14(2)23-17/h4-9,18H,3,10-13H2,1-2H3. The monoisotopic (exact) mass is 365 g/mol. The molecule has 1 aromatic carbocycles. The summed E-state index contributed by atoms with van der Waals surface area (Å²) in [5.74, 6) is 0. The average Bonchev–Trinajstić information content (AvgIpc) is 3.03. The Balaban J connectivity index is 1.82. The maximum absolute atomic E-state index is 12.6. The number of piperazine rings is 1. The Hall–Kier alpha value is -1.57. The molecule has 0 amide bonds. The predicted molar refractivity (Wildman–Crippen MR) is 101 cm³/mol. The summed E-state index contributed by atoms with van der Waals surface area (Å²) in [6, 6.07) is 11.1. The molecule has 1 fully saturated rings. The molecule has 1 aromatic heterocycles. The van der Waals surface area contributed by atoms with Gasteiger partial charge in [-0.15, -0.1) is 11.3 Å². The van der Waals surface area contributed by atoms with E-state index in [1.807, 2.05) is 37.3 Å². The Morgan fingerprint density at radius 3 is 2.42 bits per heavy atom. The summed E-state index contributed by atoms with van der Waals surface area (Å²) in [5.41, 5.74) is 1.60. The Morgan fingerprint density at radius 2 is 1.79 bits per heavy atom. The highest BCUT2D eigenvalue weighted by molar-refractivity contribution is 7.94. The number of para-hydroxylation sites is 2. The van der Waals surface area contributed by atoms with Crippen LogP contribution in [0.4, 0.5) is 11.4 Å². The molecular weight excluding hydrogens is 342 g/mol. The number of hydrogen-bond acceptors (Lipinski definition) is 5. The molecule has 7 heteroatoms. The molecule has 0 saturated carbocycles. The second kappa shape index (κ2) is 7.13. The van der Waals surface area contributed by atoms with E-state index >= 15 is 0 Å². The first-order valence-corrected chi connectivity index (χ1v) is 10.4. The lowest BCUT2D eigenvalue weighted by Crippen LogP contribution is -2.46. The molecule has 2 aromatic rings. The largest absolute Gasteiger partial charge is 0.367 e. The summed E-state index contributed by atoms with van der Waals surface area (Å²) in [6.45, 7) is 8.95. The van der Waals surface area contributed by atoms with E-state index in [0.29, 0.717) is 9.90 Å². The highest BCUT2D eigenvalue weighted by Crippen LogP contribution is 2.30. The molecule has 1 aliphatic rings. The zero-order valence-electron chi connectivity index (χ0n) is 14.0. The van der Waals surface area contributed by atoms with Gasteiger partial charge in [-0.05, 0) is 37.7 Å². The Labute approximate surface area is 148 Å². The summed E-state index contributed by atoms with van der Waals surface area (Å²) < 4.78 is 28.4. The van der Waals surface area contributed by atoms with Gasteiger partial charge >= 0.3 is 0 Å². The lowest BCUT2D eigenvalue weighted by Gasteiger charge is -2.36. The van der Waals surface area contributed by atoms with Crippen LogP contribution < -0.4 is 9.62 Å². The third-order valence-electron chi connectivity index (χ3n) is 4.29. The molecule has 0 atom stereocenters. The topological polar surface area (TPSA) is 52.6 Å². The first-order chi connectivity index (χ1) is 11.5. The zero-order valence-corrected chi connectivity index (χ0v) is 15.7. The van der Waals surface area contributed by atoms with E-state index in [1.165, 1.54) is 11.3 Å². The quantitative estimate of drug-likeness (QED) is 0.885. The maximum atomic E-state index is 12.6. The SMILES string of the molecule is CCN1CCN(c2ccccc2NS(=O)(=O)c2ccc(C)s2)CC1. The normalized spacial score (nSPS) is 16.3. The van der Waals surface area contributed by atoms with Crippen molar-refractivity contribution in [3.63, 3.8) is 0 Å². The molecule has 0 bridgehead atoms. The number of nitrogens with one attached hydrogen (secondary N) is 1. The van der Waals surface area contributed by atoms with Crippen LogP contribution in [0.5, 0.6) is 0 Å². The minimum absolute atomic E-state index is 0.352. The van der Waals surface area contributed by atoms with Gasteiger partial charge in [0.2, 0.25) is 0 Å². The van der Waals surface area contributed by atoms with Gasteiger partial charge in [0, 0.05) is 31.1 Å². The van der Waals surface area contributed by atoms with Gasteiger partial charge in [-0.2, -0.15) is 0 Å². The van der Waals surface area contributed by atoms with Crippen molar-refractivity contribution >= 4 is 32.7 Å². The van der Waals surface area contributed by atoms with E-state index in [2.05, 4.69) is 21.4 Å². The summed E-state index contributed by atoms with van der Waals surface area (Å²) in [7, 11) is -3.54. The lowest BCUT2D eigenvalue weighted by molar-refractivity contribution is 0.271. The van der Waals surface area contributed by atoms with Crippen LogP contribution in [0.1, 0.15) is 11.8 Å². The van der Waals surface area contributed by atoms with Gasteiger partial charge < -0.3 is 9.80 Å². The number of thiophene rings is 1. The maximum Gasteiger partial charge on any atom is 0.271 e. The number of aryl methyl sites for hydroxylation is 1. The molecule has 0 radical (unpaired) electrons. The molecule has 0 spiro atoms. The van der Waals surface area contributed by atoms with Crippen LogP contribution in [0.2, 0.25) is 0 Å². The van der Waals surface area contributed by atoms with E-state index in [0.717, 1.165) is 43.3 Å². The first kappa shape index (κ1) is 17.3. The smallest absolute Gasteiger partial charge is 0.271 e. The fourth-order valence-corrected chi connectivity index (χ4v) is 5.25. The molecule has 0 unspecified atom stereocenters. The van der Waals surface area contributed by atoms with Crippen molar-refractivity contribution in [2.24, 2.45) is 0 Å². The van der Waals surface area contributed by atoms with Gasteiger partial charge in [0.05, 0.1) is 11.4 Å². The number of likely N-dealkylation sites (N-methyl/N-ethyl adjacent to an activating group) is 1. The highest BCUT2D eigenvalue weighted by Gasteiger charge is 2.22. The molecule has 1 N–H and O–H groups in total. The predicted octanol–water partition coefficient (Wildman–Crippen LogP) is 3.00. The Morgan fingerprint density at radius 1 is 1.08 bits per heavy atom. The second-order valence-electron chi connectivity index (χ2n) is 5.91. The van der Waals surface area contributed by atoms with Crippen molar-refractivity contribution in [2.45, 2.75) is 18.1 Å². The minimum atomic E-state index is -3.54. The first-order valence-electron chi connectivity index (χ1n) is 8.15. The molecular formula is C17H23N3O2S2. The van der Waals surface area contributed by atoms with Crippen molar-refractivity contribution in [1.82, 2.24) is 4.90 Å². The zero-order chi connectivity index (χ0) is 17.2. The lowest BCUT2D eigenvalue weighted by atomic mass is 10.2. The fourth-order valence-electron chi connectivity index (χ4n) is 2.89. The number of benzene rings is 1. The highest BCUT2D eigenvalue weighted by atomic mass is 32.2. The molecule has 1 saturated heterocycles. The Bertz CT molecular complexity index is 794.